The summed E-state index contributed by atoms with van der Waals surface area (Å²) in [6, 6.07) is 9.72. The van der Waals surface area contributed by atoms with Gasteiger partial charge < -0.3 is 15.1 Å². The minimum Gasteiger partial charge on any atom is -0.380 e. The Bertz CT molecular complexity index is 785. The molecule has 1 aliphatic rings. The average molecular weight is 386 g/mol. The van der Waals surface area contributed by atoms with Crippen LogP contribution in [0.25, 0.3) is 0 Å². The third-order valence-electron chi connectivity index (χ3n) is 5.03. The van der Waals surface area contributed by atoms with Gasteiger partial charge in [-0.15, -0.1) is 11.3 Å². The second kappa shape index (κ2) is 9.04. The number of carbonyl (C=O) groups is 2. The van der Waals surface area contributed by atoms with Crippen LogP contribution in [0.3, 0.4) is 0 Å². The lowest BCUT2D eigenvalue weighted by Gasteiger charge is -2.28. The van der Waals surface area contributed by atoms with Crippen molar-refractivity contribution in [1.29, 1.82) is 0 Å². The number of likely N-dealkylation sites (tertiary alicyclic amines) is 1. The van der Waals surface area contributed by atoms with Crippen molar-refractivity contribution in [3.05, 3.63) is 51.7 Å². The van der Waals surface area contributed by atoms with Crippen molar-refractivity contribution < 1.29 is 9.59 Å². The van der Waals surface area contributed by atoms with Crippen LogP contribution in [0.5, 0.6) is 0 Å². The van der Waals surface area contributed by atoms with Crippen molar-refractivity contribution in [2.24, 2.45) is 0 Å². The zero-order valence-corrected chi connectivity index (χ0v) is 16.8. The quantitative estimate of drug-likeness (QED) is 0.790. The van der Waals surface area contributed by atoms with Crippen molar-refractivity contribution in [2.45, 2.75) is 32.7 Å². The number of aryl methyl sites for hydroxylation is 1. The maximum Gasteiger partial charge on any atom is 0.253 e. The van der Waals surface area contributed by atoms with Crippen molar-refractivity contribution >= 4 is 28.8 Å². The molecule has 1 aromatic carbocycles. The van der Waals surface area contributed by atoms with E-state index in [1.54, 1.807) is 23.3 Å². The average Bonchev–Trinajstić information content (AvgIpc) is 3.10. The van der Waals surface area contributed by atoms with Crippen molar-refractivity contribution in [1.82, 2.24) is 9.80 Å². The van der Waals surface area contributed by atoms with E-state index in [-0.39, 0.29) is 11.8 Å². The van der Waals surface area contributed by atoms with Crippen LogP contribution in [-0.4, -0.2) is 48.3 Å². The van der Waals surface area contributed by atoms with Gasteiger partial charge in [0.25, 0.3) is 5.91 Å². The Morgan fingerprint density at radius 3 is 2.67 bits per heavy atom. The highest BCUT2D eigenvalue weighted by Crippen LogP contribution is 2.18. The molecule has 0 aliphatic carbocycles. The molecular formula is C21H27N3O2S. The molecule has 1 aromatic heterocycles. The molecule has 0 unspecified atom stereocenters. The van der Waals surface area contributed by atoms with Gasteiger partial charge in [-0.25, -0.2) is 0 Å². The summed E-state index contributed by atoms with van der Waals surface area (Å²) in [5, 5.41) is 5.50. The lowest BCUT2D eigenvalue weighted by molar-refractivity contribution is -0.133. The summed E-state index contributed by atoms with van der Waals surface area (Å²) < 4.78 is 0. The van der Waals surface area contributed by atoms with Crippen molar-refractivity contribution in [2.75, 3.05) is 32.0 Å². The molecule has 1 aliphatic heterocycles. The van der Waals surface area contributed by atoms with Crippen LogP contribution in [0.15, 0.2) is 35.7 Å². The van der Waals surface area contributed by atoms with Crippen LogP contribution in [-0.2, 0) is 11.3 Å². The van der Waals surface area contributed by atoms with Gasteiger partial charge in [0.15, 0.2) is 0 Å². The van der Waals surface area contributed by atoms with Gasteiger partial charge in [0.2, 0.25) is 5.91 Å². The zero-order chi connectivity index (χ0) is 19.2. The number of rotatable bonds is 7. The summed E-state index contributed by atoms with van der Waals surface area (Å²) in [6.45, 7) is 4.89. The third kappa shape index (κ3) is 5.10. The Morgan fingerprint density at radius 2 is 2.00 bits per heavy atom. The molecule has 2 heterocycles. The van der Waals surface area contributed by atoms with E-state index in [0.29, 0.717) is 25.1 Å². The molecule has 0 saturated carbocycles. The number of piperidine rings is 1. The summed E-state index contributed by atoms with van der Waals surface area (Å²) in [5.74, 6) is 0.193. The molecule has 0 bridgehead atoms. The highest BCUT2D eigenvalue weighted by Gasteiger charge is 2.19. The molecule has 6 heteroatoms. The molecule has 144 valence electrons. The van der Waals surface area contributed by atoms with Crippen LogP contribution in [0, 0.1) is 6.92 Å². The number of nitrogens with one attached hydrogen (secondary N) is 1. The highest BCUT2D eigenvalue weighted by molar-refractivity contribution is 7.10. The fraction of sp³-hybridized carbons (Fsp3) is 0.429. The normalized spacial score (nSPS) is 14.3. The van der Waals surface area contributed by atoms with Crippen LogP contribution in [0.2, 0.25) is 0 Å². The van der Waals surface area contributed by atoms with E-state index in [4.69, 9.17) is 0 Å². The van der Waals surface area contributed by atoms with Crippen LogP contribution < -0.4 is 5.32 Å². The molecule has 1 N–H and O–H groups in total. The van der Waals surface area contributed by atoms with E-state index in [2.05, 4.69) is 23.7 Å². The Morgan fingerprint density at radius 1 is 1.22 bits per heavy atom. The number of hydrogen-bond donors (Lipinski definition) is 1. The van der Waals surface area contributed by atoms with Crippen molar-refractivity contribution in [3.63, 3.8) is 0 Å². The SMILES string of the molecule is Cc1ccsc1CNc1ccc(C(=O)N(C)CCN2CCCCC2=O)cc1. The second-order valence-corrected chi connectivity index (χ2v) is 8.02. The largest absolute Gasteiger partial charge is 0.380 e. The molecule has 0 spiro atoms. The molecule has 2 aromatic rings. The number of benzene rings is 1. The number of carbonyl (C=O) groups excluding carboxylic acids is 2. The van der Waals surface area contributed by atoms with Gasteiger partial charge in [-0.05, 0) is 61.0 Å². The predicted molar refractivity (Wildman–Crippen MR) is 110 cm³/mol. The Hall–Kier alpha value is -2.34. The molecule has 3 rings (SSSR count). The lowest BCUT2D eigenvalue weighted by Crippen LogP contribution is -2.41. The maximum absolute atomic E-state index is 12.6. The number of hydrogen-bond acceptors (Lipinski definition) is 4. The number of likely N-dealkylation sites (N-methyl/N-ethyl adjacent to an activating group) is 1. The number of anilines is 1. The fourth-order valence-corrected chi connectivity index (χ4v) is 4.03. The Labute approximate surface area is 165 Å². The van der Waals surface area contributed by atoms with E-state index in [1.807, 2.05) is 29.2 Å². The van der Waals surface area contributed by atoms with Gasteiger partial charge in [0.05, 0.1) is 0 Å². The lowest BCUT2D eigenvalue weighted by atomic mass is 10.1. The molecule has 0 radical (unpaired) electrons. The van der Waals surface area contributed by atoms with E-state index in [1.165, 1.54) is 10.4 Å². The first-order chi connectivity index (χ1) is 13.0. The van der Waals surface area contributed by atoms with E-state index in [0.717, 1.165) is 31.6 Å². The third-order valence-corrected chi connectivity index (χ3v) is 6.05. The van der Waals surface area contributed by atoms with Gasteiger partial charge in [-0.1, -0.05) is 0 Å². The van der Waals surface area contributed by atoms with Gasteiger partial charge in [-0.3, -0.25) is 9.59 Å². The van der Waals surface area contributed by atoms with E-state index >= 15 is 0 Å². The number of thiophene rings is 1. The van der Waals surface area contributed by atoms with E-state index in [9.17, 15) is 9.59 Å². The Balaban J connectivity index is 1.50. The van der Waals surface area contributed by atoms with Crippen LogP contribution in [0.1, 0.15) is 40.1 Å². The monoisotopic (exact) mass is 385 g/mol. The summed E-state index contributed by atoms with van der Waals surface area (Å²) in [6.07, 6.45) is 2.68. The van der Waals surface area contributed by atoms with Crippen molar-refractivity contribution in [3.8, 4) is 0 Å². The molecule has 1 fully saturated rings. The van der Waals surface area contributed by atoms with Crippen LogP contribution >= 0.6 is 11.3 Å². The summed E-state index contributed by atoms with van der Waals surface area (Å²) in [4.78, 5) is 29.4. The molecule has 0 atom stereocenters. The standard InChI is InChI=1S/C21H27N3O2S/c1-16-10-14-27-19(16)15-22-18-8-6-17(7-9-18)21(26)23(2)12-13-24-11-4-3-5-20(24)25/h6-10,14,22H,3-5,11-13,15H2,1-2H3. The Kier molecular flexibility index (Phi) is 6.50. The maximum atomic E-state index is 12.6. The predicted octanol–water partition coefficient (Wildman–Crippen LogP) is 3.75. The van der Waals surface area contributed by atoms with Crippen LogP contribution in [0.4, 0.5) is 5.69 Å². The smallest absolute Gasteiger partial charge is 0.253 e. The fourth-order valence-electron chi connectivity index (χ4n) is 3.19. The van der Waals surface area contributed by atoms with Gasteiger partial charge in [0, 0.05) is 55.8 Å². The van der Waals surface area contributed by atoms with Gasteiger partial charge in [-0.2, -0.15) is 0 Å². The first-order valence-corrected chi connectivity index (χ1v) is 10.3. The molecule has 5 nitrogen and oxygen atoms in total. The highest BCUT2D eigenvalue weighted by atomic mass is 32.1. The van der Waals surface area contributed by atoms with E-state index < -0.39 is 0 Å². The zero-order valence-electron chi connectivity index (χ0n) is 16.0. The van der Waals surface area contributed by atoms with Gasteiger partial charge in [0.1, 0.15) is 0 Å². The minimum absolute atomic E-state index is 0.0138. The molecular weight excluding hydrogens is 358 g/mol. The first kappa shape index (κ1) is 19.4. The summed E-state index contributed by atoms with van der Waals surface area (Å²) in [7, 11) is 1.79. The summed E-state index contributed by atoms with van der Waals surface area (Å²) in [5.41, 5.74) is 2.97. The molecule has 2 amide bonds. The second-order valence-electron chi connectivity index (χ2n) is 7.02. The summed E-state index contributed by atoms with van der Waals surface area (Å²) >= 11 is 1.75. The minimum atomic E-state index is -0.0138. The topological polar surface area (TPSA) is 52.7 Å². The molecule has 27 heavy (non-hydrogen) atoms. The number of amides is 2. The van der Waals surface area contributed by atoms with Gasteiger partial charge >= 0.3 is 0 Å². The molecule has 1 saturated heterocycles. The number of nitrogens with zero attached hydrogens (tertiary/aromatic N) is 2. The first-order valence-electron chi connectivity index (χ1n) is 9.45.